The first-order valence-electron chi connectivity index (χ1n) is 9.67. The highest BCUT2D eigenvalue weighted by molar-refractivity contribution is 6.07. The van der Waals surface area contributed by atoms with Crippen LogP contribution in [0.3, 0.4) is 0 Å². The van der Waals surface area contributed by atoms with E-state index in [1.165, 1.54) is 7.11 Å². The number of carbonyl (C=O) groups excluding carboxylic acids is 2. The molecule has 2 aromatic carbocycles. The van der Waals surface area contributed by atoms with Crippen molar-refractivity contribution in [3.8, 4) is 11.5 Å². The summed E-state index contributed by atoms with van der Waals surface area (Å²) in [7, 11) is 1.54. The third-order valence-electron chi connectivity index (χ3n) is 5.06. The van der Waals surface area contributed by atoms with Crippen molar-refractivity contribution in [2.45, 2.75) is 25.0 Å². The Morgan fingerprint density at radius 2 is 1.93 bits per heavy atom. The van der Waals surface area contributed by atoms with E-state index in [4.69, 9.17) is 9.47 Å². The van der Waals surface area contributed by atoms with Crippen LogP contribution in [0.1, 0.15) is 18.1 Å². The van der Waals surface area contributed by atoms with E-state index in [0.717, 1.165) is 10.5 Å². The van der Waals surface area contributed by atoms with Gasteiger partial charge in [-0.1, -0.05) is 42.5 Å². The van der Waals surface area contributed by atoms with Gasteiger partial charge in [-0.05, 0) is 36.6 Å². The Balaban J connectivity index is 1.64. The highest BCUT2D eigenvalue weighted by Gasteiger charge is 2.49. The van der Waals surface area contributed by atoms with Crippen LogP contribution in [0, 0.1) is 0 Å². The van der Waals surface area contributed by atoms with E-state index >= 15 is 0 Å². The molecular weight excluding hydrogens is 384 g/mol. The second-order valence-electron chi connectivity index (χ2n) is 7.28. The van der Waals surface area contributed by atoms with Crippen molar-refractivity contribution in [2.75, 3.05) is 20.3 Å². The lowest BCUT2D eigenvalue weighted by atomic mass is 9.92. The lowest BCUT2D eigenvalue weighted by Gasteiger charge is -2.23. The molecule has 0 radical (unpaired) electrons. The number of nitrogens with zero attached hydrogens (tertiary/aromatic N) is 1. The van der Waals surface area contributed by atoms with Gasteiger partial charge in [0.2, 0.25) is 0 Å². The third kappa shape index (κ3) is 4.31. The fraction of sp³-hybridized carbons (Fsp3) is 0.304. The van der Waals surface area contributed by atoms with Gasteiger partial charge in [0.25, 0.3) is 5.91 Å². The summed E-state index contributed by atoms with van der Waals surface area (Å²) in [5.41, 5.74) is 0.540. The molecule has 0 saturated carbocycles. The van der Waals surface area contributed by atoms with Gasteiger partial charge in [0.15, 0.2) is 11.5 Å². The summed E-state index contributed by atoms with van der Waals surface area (Å²) < 4.78 is 11.0. The monoisotopic (exact) mass is 410 g/mol. The van der Waals surface area contributed by atoms with E-state index in [-0.39, 0.29) is 13.2 Å². The molecule has 0 aromatic heterocycles. The van der Waals surface area contributed by atoms with Crippen LogP contribution < -0.4 is 14.8 Å². The standard InChI is InChI=1S/C23H26N2O5/c1-4-8-16-11-12-19(20(13-16)29-3)30-15-18(26)14-25-21(27)23(2,24-22(25)28)17-9-6-5-7-10-17/h4-7,9-13,18,26H,1,8,14-15H2,2-3H3,(H,24,28). The predicted octanol–water partition coefficient (Wildman–Crippen LogP) is 2.63. The van der Waals surface area contributed by atoms with Crippen LogP contribution in [0.4, 0.5) is 4.79 Å². The molecule has 7 nitrogen and oxygen atoms in total. The normalized spacial score (nSPS) is 19.4. The van der Waals surface area contributed by atoms with Crippen molar-refractivity contribution in [3.63, 3.8) is 0 Å². The van der Waals surface area contributed by atoms with E-state index in [9.17, 15) is 14.7 Å². The smallest absolute Gasteiger partial charge is 0.325 e. The summed E-state index contributed by atoms with van der Waals surface area (Å²) in [6, 6.07) is 13.9. The highest BCUT2D eigenvalue weighted by Crippen LogP contribution is 2.30. The molecule has 2 aromatic rings. The minimum atomic E-state index is -1.16. The number of hydrogen-bond donors (Lipinski definition) is 2. The molecule has 1 heterocycles. The molecule has 30 heavy (non-hydrogen) atoms. The molecule has 158 valence electrons. The van der Waals surface area contributed by atoms with Gasteiger partial charge in [-0.3, -0.25) is 9.69 Å². The summed E-state index contributed by atoms with van der Waals surface area (Å²) >= 11 is 0. The van der Waals surface area contributed by atoms with E-state index in [1.54, 1.807) is 43.3 Å². The van der Waals surface area contributed by atoms with Crippen LogP contribution in [-0.2, 0) is 16.8 Å². The van der Waals surface area contributed by atoms with E-state index in [2.05, 4.69) is 11.9 Å². The second kappa shape index (κ2) is 9.00. The number of allylic oxidation sites excluding steroid dienone is 1. The Morgan fingerprint density at radius 1 is 1.20 bits per heavy atom. The van der Waals surface area contributed by atoms with Gasteiger partial charge >= 0.3 is 6.03 Å². The zero-order chi connectivity index (χ0) is 21.7. The molecular formula is C23H26N2O5. The number of nitrogens with one attached hydrogen (secondary N) is 1. The first-order chi connectivity index (χ1) is 14.4. The summed E-state index contributed by atoms with van der Waals surface area (Å²) in [5, 5.41) is 13.1. The van der Waals surface area contributed by atoms with Gasteiger partial charge in [0, 0.05) is 0 Å². The number of carbonyl (C=O) groups is 2. The first-order valence-corrected chi connectivity index (χ1v) is 9.67. The fourth-order valence-electron chi connectivity index (χ4n) is 3.40. The molecule has 0 bridgehead atoms. The molecule has 2 atom stereocenters. The Kier molecular flexibility index (Phi) is 6.42. The van der Waals surface area contributed by atoms with Crippen LogP contribution >= 0.6 is 0 Å². The molecule has 1 aliphatic heterocycles. The molecule has 2 unspecified atom stereocenters. The van der Waals surface area contributed by atoms with Crippen LogP contribution in [-0.4, -0.2) is 48.3 Å². The van der Waals surface area contributed by atoms with Crippen molar-refractivity contribution < 1.29 is 24.2 Å². The van der Waals surface area contributed by atoms with Crippen molar-refractivity contribution in [1.29, 1.82) is 0 Å². The lowest BCUT2D eigenvalue weighted by Crippen LogP contribution is -2.42. The van der Waals surface area contributed by atoms with Gasteiger partial charge in [-0.25, -0.2) is 4.79 Å². The number of rotatable bonds is 9. The second-order valence-corrected chi connectivity index (χ2v) is 7.28. The van der Waals surface area contributed by atoms with Gasteiger partial charge in [0.1, 0.15) is 18.2 Å². The van der Waals surface area contributed by atoms with Crippen LogP contribution in [0.25, 0.3) is 0 Å². The predicted molar refractivity (Wildman–Crippen MR) is 112 cm³/mol. The summed E-state index contributed by atoms with van der Waals surface area (Å²) in [4.78, 5) is 26.3. The number of hydrogen-bond acceptors (Lipinski definition) is 5. The Bertz CT molecular complexity index is 930. The molecule has 2 N–H and O–H groups in total. The zero-order valence-electron chi connectivity index (χ0n) is 17.1. The molecule has 3 amide bonds. The molecule has 0 aliphatic carbocycles. The zero-order valence-corrected chi connectivity index (χ0v) is 17.1. The minimum absolute atomic E-state index is 0.101. The number of methoxy groups -OCH3 is 1. The Morgan fingerprint density at radius 3 is 2.60 bits per heavy atom. The van der Waals surface area contributed by atoms with Crippen LogP contribution in [0.15, 0.2) is 61.2 Å². The Hall–Kier alpha value is -3.32. The maximum absolute atomic E-state index is 12.9. The van der Waals surface area contributed by atoms with Gasteiger partial charge < -0.3 is 19.9 Å². The van der Waals surface area contributed by atoms with Gasteiger partial charge in [-0.2, -0.15) is 0 Å². The maximum atomic E-state index is 12.9. The van der Waals surface area contributed by atoms with E-state index < -0.39 is 23.6 Å². The first kappa shape index (κ1) is 21.4. The summed E-state index contributed by atoms with van der Waals surface area (Å²) in [6.07, 6.45) is 1.43. The van der Waals surface area contributed by atoms with Crippen LogP contribution in [0.5, 0.6) is 11.5 Å². The number of benzene rings is 2. The molecule has 1 aliphatic rings. The number of ether oxygens (including phenoxy) is 2. The molecule has 7 heteroatoms. The quantitative estimate of drug-likeness (QED) is 0.490. The Labute approximate surface area is 175 Å². The average molecular weight is 410 g/mol. The van der Waals surface area contributed by atoms with Crippen molar-refractivity contribution in [2.24, 2.45) is 0 Å². The number of aliphatic hydroxyl groups excluding tert-OH is 1. The van der Waals surface area contributed by atoms with E-state index in [0.29, 0.717) is 23.5 Å². The molecule has 3 rings (SSSR count). The largest absolute Gasteiger partial charge is 0.493 e. The van der Waals surface area contributed by atoms with E-state index in [1.807, 2.05) is 18.2 Å². The van der Waals surface area contributed by atoms with Crippen LogP contribution in [0.2, 0.25) is 0 Å². The van der Waals surface area contributed by atoms with Crippen molar-refractivity contribution in [1.82, 2.24) is 10.2 Å². The molecule has 1 fully saturated rings. The molecule has 1 saturated heterocycles. The van der Waals surface area contributed by atoms with Crippen molar-refractivity contribution in [3.05, 3.63) is 72.3 Å². The topological polar surface area (TPSA) is 88.1 Å². The molecule has 0 spiro atoms. The number of imide groups is 1. The number of urea groups is 1. The van der Waals surface area contributed by atoms with Gasteiger partial charge in [-0.15, -0.1) is 6.58 Å². The average Bonchev–Trinajstić information content (AvgIpc) is 2.97. The number of aliphatic hydroxyl groups is 1. The summed E-state index contributed by atoms with van der Waals surface area (Å²) in [5.74, 6) is 0.591. The number of amides is 3. The minimum Gasteiger partial charge on any atom is -0.493 e. The SMILES string of the molecule is C=CCc1ccc(OCC(O)CN2C(=O)NC(C)(c3ccccc3)C2=O)c(OC)c1. The maximum Gasteiger partial charge on any atom is 0.325 e. The lowest BCUT2D eigenvalue weighted by molar-refractivity contribution is -0.132. The third-order valence-corrected chi connectivity index (χ3v) is 5.06. The fourth-order valence-corrected chi connectivity index (χ4v) is 3.40. The highest BCUT2D eigenvalue weighted by atomic mass is 16.5. The number of β-amino-alcohol motifs (C(OH)–C–C–N with tert-alkyl or cyclic N) is 1. The van der Waals surface area contributed by atoms with Gasteiger partial charge in [0.05, 0.1) is 13.7 Å². The summed E-state index contributed by atoms with van der Waals surface area (Å²) in [6.45, 7) is 5.09. The van der Waals surface area contributed by atoms with Crippen molar-refractivity contribution >= 4 is 11.9 Å².